The summed E-state index contributed by atoms with van der Waals surface area (Å²) in [5, 5.41) is 12.2. The quantitative estimate of drug-likeness (QED) is 0.370. The topological polar surface area (TPSA) is 65.1 Å². The number of piperidine rings is 1. The molecule has 1 aromatic carbocycles. The molecule has 1 atom stereocenters. The molecule has 0 bridgehead atoms. The van der Waals surface area contributed by atoms with Gasteiger partial charge in [-0.1, -0.05) is 17.6 Å². The average molecular weight is 353 g/mol. The maximum atomic E-state index is 9.04. The molecular formula is C15H21BrN4O. The second kappa shape index (κ2) is 6.23. The fourth-order valence-electron chi connectivity index (χ4n) is 3.45. The largest absolute Gasteiger partial charge is 0.409 e. The first-order chi connectivity index (χ1) is 10.2. The monoisotopic (exact) mass is 352 g/mol. The number of anilines is 1. The molecule has 0 aliphatic carbocycles. The molecule has 0 radical (unpaired) electrons. The molecule has 1 unspecified atom stereocenters. The van der Waals surface area contributed by atoms with Crippen LogP contribution in [0.3, 0.4) is 0 Å². The van der Waals surface area contributed by atoms with Crippen molar-refractivity contribution in [2.75, 3.05) is 31.1 Å². The molecule has 0 aromatic heterocycles. The van der Waals surface area contributed by atoms with Crippen LogP contribution in [0.25, 0.3) is 0 Å². The first kappa shape index (κ1) is 14.7. The Morgan fingerprint density at radius 2 is 2.14 bits per heavy atom. The number of nitrogens with zero attached hydrogens (tertiary/aromatic N) is 3. The van der Waals surface area contributed by atoms with Gasteiger partial charge in [0.15, 0.2) is 5.84 Å². The third kappa shape index (κ3) is 2.87. The zero-order valence-electron chi connectivity index (χ0n) is 12.0. The van der Waals surface area contributed by atoms with Crippen LogP contribution in [0.2, 0.25) is 0 Å². The first-order valence-electron chi connectivity index (χ1n) is 7.46. The van der Waals surface area contributed by atoms with Gasteiger partial charge in [-0.15, -0.1) is 0 Å². The van der Waals surface area contributed by atoms with Crippen molar-refractivity contribution >= 4 is 27.5 Å². The van der Waals surface area contributed by atoms with Crippen LogP contribution >= 0.6 is 15.9 Å². The summed E-state index contributed by atoms with van der Waals surface area (Å²) in [6.07, 6.45) is 3.91. The second-order valence-corrected chi connectivity index (χ2v) is 6.61. The van der Waals surface area contributed by atoms with E-state index in [1.54, 1.807) is 0 Å². The third-order valence-corrected chi connectivity index (χ3v) is 5.19. The van der Waals surface area contributed by atoms with E-state index >= 15 is 0 Å². The second-order valence-electron chi connectivity index (χ2n) is 5.75. The zero-order chi connectivity index (χ0) is 14.8. The summed E-state index contributed by atoms with van der Waals surface area (Å²) in [5.41, 5.74) is 7.70. The van der Waals surface area contributed by atoms with Crippen LogP contribution in [-0.4, -0.2) is 48.2 Å². The van der Waals surface area contributed by atoms with E-state index in [0.717, 1.165) is 35.4 Å². The van der Waals surface area contributed by atoms with E-state index < -0.39 is 0 Å². The lowest BCUT2D eigenvalue weighted by Gasteiger charge is -2.45. The van der Waals surface area contributed by atoms with E-state index in [-0.39, 0.29) is 5.84 Å². The summed E-state index contributed by atoms with van der Waals surface area (Å²) in [7, 11) is 0. The Morgan fingerprint density at radius 1 is 1.29 bits per heavy atom. The smallest absolute Gasteiger partial charge is 0.173 e. The van der Waals surface area contributed by atoms with E-state index in [1.165, 1.54) is 25.8 Å². The molecule has 2 fully saturated rings. The van der Waals surface area contributed by atoms with Crippen molar-refractivity contribution in [2.45, 2.75) is 25.3 Å². The van der Waals surface area contributed by atoms with Gasteiger partial charge in [-0.2, -0.15) is 0 Å². The van der Waals surface area contributed by atoms with Gasteiger partial charge in [-0.05, 0) is 47.4 Å². The molecule has 2 heterocycles. The number of benzene rings is 1. The molecule has 3 N–H and O–H groups in total. The highest BCUT2D eigenvalue weighted by molar-refractivity contribution is 9.10. The minimum absolute atomic E-state index is 0.156. The summed E-state index contributed by atoms with van der Waals surface area (Å²) in [5.74, 6) is 0.156. The number of amidine groups is 1. The lowest BCUT2D eigenvalue weighted by atomic mass is 9.98. The van der Waals surface area contributed by atoms with Gasteiger partial charge in [0.1, 0.15) is 0 Å². The van der Waals surface area contributed by atoms with Gasteiger partial charge in [-0.3, -0.25) is 4.90 Å². The van der Waals surface area contributed by atoms with Crippen molar-refractivity contribution < 1.29 is 5.21 Å². The van der Waals surface area contributed by atoms with Crippen molar-refractivity contribution in [2.24, 2.45) is 10.9 Å². The van der Waals surface area contributed by atoms with Gasteiger partial charge in [0.2, 0.25) is 0 Å². The number of nitrogens with two attached hydrogens (primary N) is 1. The Hall–Kier alpha value is -1.27. The van der Waals surface area contributed by atoms with Gasteiger partial charge in [-0.25, -0.2) is 0 Å². The van der Waals surface area contributed by atoms with Crippen molar-refractivity contribution in [3.05, 3.63) is 28.2 Å². The molecule has 0 spiro atoms. The summed E-state index contributed by atoms with van der Waals surface area (Å²) < 4.78 is 0.862. The maximum absolute atomic E-state index is 9.04. The predicted molar refractivity (Wildman–Crippen MR) is 88.1 cm³/mol. The molecule has 114 valence electrons. The number of fused-ring (bicyclic) bond motifs is 1. The van der Waals surface area contributed by atoms with Crippen molar-refractivity contribution in [1.82, 2.24) is 4.90 Å². The maximum Gasteiger partial charge on any atom is 0.173 e. The Labute approximate surface area is 133 Å². The zero-order valence-corrected chi connectivity index (χ0v) is 13.6. The molecule has 21 heavy (non-hydrogen) atoms. The highest BCUT2D eigenvalue weighted by Gasteiger charge is 2.30. The molecule has 3 rings (SSSR count). The number of hydrogen-bond donors (Lipinski definition) is 2. The molecule has 2 saturated heterocycles. The minimum Gasteiger partial charge on any atom is -0.409 e. The van der Waals surface area contributed by atoms with E-state index in [1.807, 2.05) is 12.1 Å². The number of piperazine rings is 1. The normalized spacial score (nSPS) is 24.0. The molecule has 2 aliphatic heterocycles. The summed E-state index contributed by atoms with van der Waals surface area (Å²) in [4.78, 5) is 4.96. The molecule has 5 nitrogen and oxygen atoms in total. The van der Waals surface area contributed by atoms with E-state index in [9.17, 15) is 0 Å². The van der Waals surface area contributed by atoms with E-state index in [2.05, 4.69) is 37.0 Å². The SMILES string of the molecule is N/C(=N/O)c1c(Br)cccc1N1CCN2CCCCC2C1. The highest BCUT2D eigenvalue weighted by atomic mass is 79.9. The van der Waals surface area contributed by atoms with Crippen molar-refractivity contribution in [3.63, 3.8) is 0 Å². The Morgan fingerprint density at radius 3 is 2.95 bits per heavy atom. The van der Waals surface area contributed by atoms with Gasteiger partial charge in [0, 0.05) is 35.8 Å². The lowest BCUT2D eigenvalue weighted by molar-refractivity contribution is 0.133. The van der Waals surface area contributed by atoms with E-state index in [0.29, 0.717) is 6.04 Å². The lowest BCUT2D eigenvalue weighted by Crippen LogP contribution is -2.55. The van der Waals surface area contributed by atoms with E-state index in [4.69, 9.17) is 10.9 Å². The van der Waals surface area contributed by atoms with Crippen molar-refractivity contribution in [1.29, 1.82) is 0 Å². The van der Waals surface area contributed by atoms with Crippen LogP contribution in [0.1, 0.15) is 24.8 Å². The number of hydrogen-bond acceptors (Lipinski definition) is 4. The summed E-state index contributed by atoms with van der Waals surface area (Å²) >= 11 is 3.52. The number of halogens is 1. The Bertz CT molecular complexity index is 548. The summed E-state index contributed by atoms with van der Waals surface area (Å²) in [6, 6.07) is 6.61. The van der Waals surface area contributed by atoms with Crippen molar-refractivity contribution in [3.8, 4) is 0 Å². The van der Waals surface area contributed by atoms with Crippen LogP contribution in [0.5, 0.6) is 0 Å². The fraction of sp³-hybridized carbons (Fsp3) is 0.533. The average Bonchev–Trinajstić information content (AvgIpc) is 2.53. The van der Waals surface area contributed by atoms with Crippen LogP contribution < -0.4 is 10.6 Å². The van der Waals surface area contributed by atoms with Gasteiger partial charge >= 0.3 is 0 Å². The first-order valence-corrected chi connectivity index (χ1v) is 8.25. The van der Waals surface area contributed by atoms with Crippen LogP contribution in [0, 0.1) is 0 Å². The molecule has 1 aromatic rings. The minimum atomic E-state index is 0.156. The number of rotatable bonds is 2. The van der Waals surface area contributed by atoms with Gasteiger partial charge < -0.3 is 15.8 Å². The van der Waals surface area contributed by atoms with Crippen LogP contribution in [-0.2, 0) is 0 Å². The highest BCUT2D eigenvalue weighted by Crippen LogP contribution is 2.31. The molecule has 6 heteroatoms. The molecular weight excluding hydrogens is 332 g/mol. The Kier molecular flexibility index (Phi) is 4.35. The van der Waals surface area contributed by atoms with Gasteiger partial charge in [0.05, 0.1) is 5.56 Å². The number of oxime groups is 1. The standard InChI is InChI=1S/C15H21BrN4O/c16-12-5-3-6-13(14(12)15(17)18-21)20-9-8-19-7-2-1-4-11(19)10-20/h3,5-6,11,21H,1-2,4,7-10H2,(H2,17,18). The predicted octanol–water partition coefficient (Wildman–Crippen LogP) is 2.22. The molecule has 0 amide bonds. The fourth-order valence-corrected chi connectivity index (χ4v) is 4.01. The summed E-state index contributed by atoms with van der Waals surface area (Å²) in [6.45, 7) is 4.32. The Balaban J connectivity index is 1.89. The van der Waals surface area contributed by atoms with Crippen LogP contribution in [0.15, 0.2) is 27.8 Å². The third-order valence-electron chi connectivity index (χ3n) is 4.53. The van der Waals surface area contributed by atoms with Gasteiger partial charge in [0.25, 0.3) is 0 Å². The van der Waals surface area contributed by atoms with Crippen LogP contribution in [0.4, 0.5) is 5.69 Å². The molecule has 0 saturated carbocycles. The molecule has 2 aliphatic rings.